The quantitative estimate of drug-likeness (QED) is 0.827. The van der Waals surface area contributed by atoms with Crippen LogP contribution in [0.15, 0.2) is 16.7 Å². The molecule has 0 radical (unpaired) electrons. The number of furan rings is 1. The SMILES string of the molecule is CC(C)(NC(=O)c1cc(Cl)co1)C(=O)O. The molecule has 1 heterocycles. The highest BCUT2D eigenvalue weighted by atomic mass is 35.5. The second-order valence-electron chi connectivity index (χ2n) is 3.51. The molecule has 6 heteroatoms. The Balaban J connectivity index is 2.76. The van der Waals surface area contributed by atoms with E-state index in [0.29, 0.717) is 0 Å². The van der Waals surface area contributed by atoms with Crippen LogP contribution in [0.4, 0.5) is 0 Å². The van der Waals surface area contributed by atoms with E-state index >= 15 is 0 Å². The molecule has 1 aromatic rings. The molecule has 0 unspecified atom stereocenters. The summed E-state index contributed by atoms with van der Waals surface area (Å²) in [6.07, 6.45) is 1.20. The summed E-state index contributed by atoms with van der Waals surface area (Å²) in [6, 6.07) is 1.31. The monoisotopic (exact) mass is 231 g/mol. The molecule has 0 aliphatic carbocycles. The second-order valence-corrected chi connectivity index (χ2v) is 3.95. The van der Waals surface area contributed by atoms with Crippen LogP contribution < -0.4 is 5.32 Å². The fourth-order valence-corrected chi connectivity index (χ4v) is 0.975. The van der Waals surface area contributed by atoms with Gasteiger partial charge in [0.25, 0.3) is 5.91 Å². The molecule has 0 aliphatic heterocycles. The predicted octanol–water partition coefficient (Wildman–Crippen LogP) is 1.53. The number of rotatable bonds is 3. The number of carbonyl (C=O) groups is 2. The van der Waals surface area contributed by atoms with Gasteiger partial charge in [0, 0.05) is 6.07 Å². The molecule has 5 nitrogen and oxygen atoms in total. The van der Waals surface area contributed by atoms with Gasteiger partial charge in [-0.15, -0.1) is 0 Å². The van der Waals surface area contributed by atoms with Crippen LogP contribution in [0.3, 0.4) is 0 Å². The molecule has 15 heavy (non-hydrogen) atoms. The van der Waals surface area contributed by atoms with Crippen molar-refractivity contribution in [2.45, 2.75) is 19.4 Å². The maximum absolute atomic E-state index is 11.5. The van der Waals surface area contributed by atoms with Crippen LogP contribution >= 0.6 is 11.6 Å². The summed E-state index contributed by atoms with van der Waals surface area (Å²) >= 11 is 5.55. The van der Waals surface area contributed by atoms with Crippen molar-refractivity contribution >= 4 is 23.5 Å². The van der Waals surface area contributed by atoms with Gasteiger partial charge in [-0.05, 0) is 13.8 Å². The summed E-state index contributed by atoms with van der Waals surface area (Å²) in [6.45, 7) is 2.75. The van der Waals surface area contributed by atoms with Crippen molar-refractivity contribution in [3.05, 3.63) is 23.1 Å². The largest absolute Gasteiger partial charge is 0.480 e. The third-order valence-electron chi connectivity index (χ3n) is 1.75. The van der Waals surface area contributed by atoms with E-state index in [4.69, 9.17) is 21.1 Å². The summed E-state index contributed by atoms with van der Waals surface area (Å²) in [5.74, 6) is -1.77. The Kier molecular flexibility index (Phi) is 3.04. The highest BCUT2D eigenvalue weighted by Crippen LogP contribution is 2.14. The first-order valence-corrected chi connectivity index (χ1v) is 4.50. The van der Waals surface area contributed by atoms with Gasteiger partial charge >= 0.3 is 5.97 Å². The van der Waals surface area contributed by atoms with Crippen molar-refractivity contribution in [1.29, 1.82) is 0 Å². The Morgan fingerprint density at radius 2 is 2.13 bits per heavy atom. The lowest BCUT2D eigenvalue weighted by Crippen LogP contribution is -2.49. The molecule has 0 aliphatic rings. The van der Waals surface area contributed by atoms with Crippen LogP contribution in [-0.2, 0) is 4.79 Å². The number of carboxylic acid groups (broad SMARTS) is 1. The lowest BCUT2D eigenvalue weighted by atomic mass is 10.1. The molecule has 0 spiro atoms. The number of carbonyl (C=O) groups excluding carboxylic acids is 1. The first-order chi connectivity index (χ1) is 6.83. The maximum Gasteiger partial charge on any atom is 0.328 e. The Morgan fingerprint density at radius 1 is 1.53 bits per heavy atom. The van der Waals surface area contributed by atoms with E-state index in [1.165, 1.54) is 26.2 Å². The number of hydrogen-bond acceptors (Lipinski definition) is 3. The van der Waals surface area contributed by atoms with Crippen LogP contribution in [0.5, 0.6) is 0 Å². The Morgan fingerprint density at radius 3 is 2.53 bits per heavy atom. The minimum Gasteiger partial charge on any atom is -0.480 e. The van der Waals surface area contributed by atoms with Crippen LogP contribution in [0.25, 0.3) is 0 Å². The van der Waals surface area contributed by atoms with Crippen molar-refractivity contribution in [1.82, 2.24) is 5.32 Å². The summed E-state index contributed by atoms with van der Waals surface area (Å²) in [4.78, 5) is 22.2. The van der Waals surface area contributed by atoms with Crippen LogP contribution in [0.1, 0.15) is 24.4 Å². The number of aliphatic carboxylic acids is 1. The third kappa shape index (κ3) is 2.73. The summed E-state index contributed by atoms with van der Waals surface area (Å²) in [5, 5.41) is 11.4. The van der Waals surface area contributed by atoms with Crippen LogP contribution in [0.2, 0.25) is 5.02 Å². The first kappa shape index (κ1) is 11.6. The van der Waals surface area contributed by atoms with E-state index in [-0.39, 0.29) is 10.8 Å². The third-order valence-corrected chi connectivity index (χ3v) is 1.95. The van der Waals surface area contributed by atoms with E-state index in [1.54, 1.807) is 0 Å². The zero-order valence-electron chi connectivity index (χ0n) is 8.20. The van der Waals surface area contributed by atoms with Gasteiger partial charge in [-0.25, -0.2) is 4.79 Å². The van der Waals surface area contributed by atoms with E-state index in [9.17, 15) is 9.59 Å². The van der Waals surface area contributed by atoms with Crippen molar-refractivity contribution in [3.8, 4) is 0 Å². The van der Waals surface area contributed by atoms with Crippen LogP contribution in [-0.4, -0.2) is 22.5 Å². The molecular weight excluding hydrogens is 222 g/mol. The molecule has 1 amide bonds. The average molecular weight is 232 g/mol. The van der Waals surface area contributed by atoms with Gasteiger partial charge in [0.2, 0.25) is 0 Å². The molecule has 0 saturated carbocycles. The average Bonchev–Trinajstić information content (AvgIpc) is 2.50. The zero-order valence-corrected chi connectivity index (χ0v) is 8.96. The van der Waals surface area contributed by atoms with Crippen molar-refractivity contribution in [2.75, 3.05) is 0 Å². The molecule has 0 bridgehead atoms. The molecule has 0 saturated heterocycles. The van der Waals surface area contributed by atoms with Crippen molar-refractivity contribution in [3.63, 3.8) is 0 Å². The van der Waals surface area contributed by atoms with Crippen molar-refractivity contribution < 1.29 is 19.1 Å². The van der Waals surface area contributed by atoms with E-state index in [0.717, 1.165) is 0 Å². The highest BCUT2D eigenvalue weighted by molar-refractivity contribution is 6.30. The molecular formula is C9H10ClNO4. The first-order valence-electron chi connectivity index (χ1n) is 4.13. The van der Waals surface area contributed by atoms with Gasteiger partial charge in [-0.1, -0.05) is 11.6 Å². The summed E-state index contributed by atoms with van der Waals surface area (Å²) in [7, 11) is 0. The number of carboxylic acids is 1. The minimum atomic E-state index is -1.35. The molecule has 0 fully saturated rings. The highest BCUT2D eigenvalue weighted by Gasteiger charge is 2.30. The molecule has 0 aromatic carbocycles. The van der Waals surface area contributed by atoms with Crippen molar-refractivity contribution in [2.24, 2.45) is 0 Å². The fraction of sp³-hybridized carbons (Fsp3) is 0.333. The van der Waals surface area contributed by atoms with E-state index < -0.39 is 17.4 Å². The van der Waals surface area contributed by atoms with Gasteiger partial charge in [0.05, 0.1) is 5.02 Å². The van der Waals surface area contributed by atoms with Gasteiger partial charge in [0.1, 0.15) is 11.8 Å². The molecule has 1 rings (SSSR count). The zero-order chi connectivity index (χ0) is 11.6. The molecule has 82 valence electrons. The maximum atomic E-state index is 11.5. The number of hydrogen-bond donors (Lipinski definition) is 2. The number of amides is 1. The molecule has 2 N–H and O–H groups in total. The smallest absolute Gasteiger partial charge is 0.328 e. The normalized spacial score (nSPS) is 11.1. The molecule has 0 atom stereocenters. The van der Waals surface area contributed by atoms with Gasteiger partial charge in [-0.2, -0.15) is 0 Å². The lowest BCUT2D eigenvalue weighted by Gasteiger charge is -2.19. The van der Waals surface area contributed by atoms with E-state index in [2.05, 4.69) is 5.32 Å². The van der Waals surface area contributed by atoms with Gasteiger partial charge in [0.15, 0.2) is 5.76 Å². The Bertz CT molecular complexity index is 397. The topological polar surface area (TPSA) is 79.5 Å². The van der Waals surface area contributed by atoms with Crippen LogP contribution in [0, 0.1) is 0 Å². The van der Waals surface area contributed by atoms with E-state index in [1.807, 2.05) is 0 Å². The summed E-state index contributed by atoms with van der Waals surface area (Å²) < 4.78 is 4.81. The molecule has 1 aromatic heterocycles. The minimum absolute atomic E-state index is 0.0191. The fourth-order valence-electron chi connectivity index (χ4n) is 0.831. The Hall–Kier alpha value is -1.49. The lowest BCUT2D eigenvalue weighted by molar-refractivity contribution is -0.143. The predicted molar refractivity (Wildman–Crippen MR) is 52.9 cm³/mol. The number of nitrogens with one attached hydrogen (secondary N) is 1. The van der Waals surface area contributed by atoms with Gasteiger partial charge < -0.3 is 14.8 Å². The second kappa shape index (κ2) is 3.94. The van der Waals surface area contributed by atoms with Gasteiger partial charge in [-0.3, -0.25) is 4.79 Å². The summed E-state index contributed by atoms with van der Waals surface area (Å²) in [5.41, 5.74) is -1.35. The number of halogens is 1. The standard InChI is InChI=1S/C9H10ClNO4/c1-9(2,8(13)14)11-7(12)6-3-5(10)4-15-6/h3-4H,1-2H3,(H,11,12)(H,13,14). The Labute approximate surface area is 91.0 Å².